The molecular weight excluding hydrogens is 214 g/mol. The van der Waals surface area contributed by atoms with Crippen molar-refractivity contribution in [1.29, 1.82) is 0 Å². The second kappa shape index (κ2) is 5.65. The number of nitrogens with zero attached hydrogens (tertiary/aromatic N) is 2. The van der Waals surface area contributed by atoms with Gasteiger partial charge in [0.2, 0.25) is 0 Å². The number of rotatable bonds is 3. The quantitative estimate of drug-likeness (QED) is 0.782. The lowest BCUT2D eigenvalue weighted by Gasteiger charge is -2.51. The van der Waals surface area contributed by atoms with Crippen LogP contribution in [0.2, 0.25) is 0 Å². The van der Waals surface area contributed by atoms with E-state index in [9.17, 15) is 0 Å². The van der Waals surface area contributed by atoms with Gasteiger partial charge < -0.3 is 15.4 Å². The van der Waals surface area contributed by atoms with Gasteiger partial charge >= 0.3 is 0 Å². The van der Waals surface area contributed by atoms with E-state index in [4.69, 9.17) is 10.5 Å². The summed E-state index contributed by atoms with van der Waals surface area (Å²) in [4.78, 5) is 5.13. The number of ether oxygens (including phenoxy) is 1. The van der Waals surface area contributed by atoms with E-state index in [0.717, 1.165) is 39.1 Å². The Hall–Kier alpha value is -0.160. The summed E-state index contributed by atoms with van der Waals surface area (Å²) in [5.41, 5.74) is 6.30. The fraction of sp³-hybridized carbons (Fsp3) is 1.00. The molecule has 1 atom stereocenters. The average Bonchev–Trinajstić information content (AvgIpc) is 2.40. The van der Waals surface area contributed by atoms with Gasteiger partial charge in [-0.1, -0.05) is 6.92 Å². The van der Waals surface area contributed by atoms with Gasteiger partial charge in [0.1, 0.15) is 0 Å². The summed E-state index contributed by atoms with van der Waals surface area (Å²) < 4.78 is 5.50. The minimum Gasteiger partial charge on any atom is -0.381 e. The fourth-order valence-electron chi connectivity index (χ4n) is 3.22. The first-order chi connectivity index (χ1) is 8.22. The third-order valence-corrected chi connectivity index (χ3v) is 4.72. The fourth-order valence-corrected chi connectivity index (χ4v) is 3.22. The molecule has 0 aromatic carbocycles. The zero-order valence-corrected chi connectivity index (χ0v) is 11.3. The molecule has 2 heterocycles. The van der Waals surface area contributed by atoms with Crippen LogP contribution in [0.4, 0.5) is 0 Å². The van der Waals surface area contributed by atoms with Crippen molar-refractivity contribution in [2.45, 2.75) is 37.8 Å². The Morgan fingerprint density at radius 1 is 1.29 bits per heavy atom. The van der Waals surface area contributed by atoms with Crippen LogP contribution in [0, 0.1) is 0 Å². The molecular formula is C13H27N3O. The van der Waals surface area contributed by atoms with E-state index in [2.05, 4.69) is 23.8 Å². The molecule has 100 valence electrons. The van der Waals surface area contributed by atoms with E-state index in [-0.39, 0.29) is 5.54 Å². The first-order valence-corrected chi connectivity index (χ1v) is 6.95. The minimum atomic E-state index is 0.215. The number of hydrogen-bond donors (Lipinski definition) is 1. The van der Waals surface area contributed by atoms with Gasteiger partial charge in [0.05, 0.1) is 0 Å². The lowest BCUT2D eigenvalue weighted by molar-refractivity contribution is -0.0530. The van der Waals surface area contributed by atoms with Crippen LogP contribution >= 0.6 is 0 Å². The predicted molar refractivity (Wildman–Crippen MR) is 70.1 cm³/mol. The van der Waals surface area contributed by atoms with Crippen LogP contribution in [0.5, 0.6) is 0 Å². The van der Waals surface area contributed by atoms with Gasteiger partial charge in [0.25, 0.3) is 0 Å². The van der Waals surface area contributed by atoms with E-state index in [1.165, 1.54) is 19.5 Å². The summed E-state index contributed by atoms with van der Waals surface area (Å²) in [5, 5.41) is 0. The SMILES string of the molecule is CCC1CN(C2(CN)CCOCC2)CCN1C. The Morgan fingerprint density at radius 2 is 2.00 bits per heavy atom. The van der Waals surface area contributed by atoms with E-state index >= 15 is 0 Å². The van der Waals surface area contributed by atoms with Crippen molar-refractivity contribution in [1.82, 2.24) is 9.80 Å². The number of piperazine rings is 1. The highest BCUT2D eigenvalue weighted by Crippen LogP contribution is 2.29. The maximum atomic E-state index is 6.08. The molecule has 0 spiro atoms. The van der Waals surface area contributed by atoms with Crippen molar-refractivity contribution < 1.29 is 4.74 Å². The van der Waals surface area contributed by atoms with Crippen molar-refractivity contribution in [2.75, 3.05) is 46.4 Å². The standard InChI is InChI=1S/C13H27N3O/c1-3-12-10-16(7-6-15(12)2)13(11-14)4-8-17-9-5-13/h12H,3-11,14H2,1-2H3. The third kappa shape index (κ3) is 2.65. The third-order valence-electron chi connectivity index (χ3n) is 4.72. The van der Waals surface area contributed by atoms with Crippen molar-refractivity contribution in [3.8, 4) is 0 Å². The molecule has 2 rings (SSSR count). The maximum Gasteiger partial charge on any atom is 0.0484 e. The van der Waals surface area contributed by atoms with Crippen LogP contribution in [0.3, 0.4) is 0 Å². The Bertz CT molecular complexity index is 241. The average molecular weight is 241 g/mol. The highest BCUT2D eigenvalue weighted by molar-refractivity contribution is 4.97. The largest absolute Gasteiger partial charge is 0.381 e. The van der Waals surface area contributed by atoms with E-state index in [0.29, 0.717) is 6.04 Å². The molecule has 0 aromatic heterocycles. The normalized spacial score (nSPS) is 31.6. The summed E-state index contributed by atoms with van der Waals surface area (Å²) in [5.74, 6) is 0. The van der Waals surface area contributed by atoms with E-state index in [1.54, 1.807) is 0 Å². The number of hydrogen-bond acceptors (Lipinski definition) is 4. The monoisotopic (exact) mass is 241 g/mol. The Morgan fingerprint density at radius 3 is 2.59 bits per heavy atom. The van der Waals surface area contributed by atoms with Crippen LogP contribution in [0.1, 0.15) is 26.2 Å². The summed E-state index contributed by atoms with van der Waals surface area (Å²) in [6, 6.07) is 0.690. The molecule has 2 aliphatic heterocycles. The molecule has 17 heavy (non-hydrogen) atoms. The molecule has 2 fully saturated rings. The topological polar surface area (TPSA) is 41.7 Å². The van der Waals surface area contributed by atoms with Crippen LogP contribution < -0.4 is 5.73 Å². The minimum absolute atomic E-state index is 0.215. The number of nitrogens with two attached hydrogens (primary N) is 1. The van der Waals surface area contributed by atoms with Crippen molar-refractivity contribution in [3.63, 3.8) is 0 Å². The lowest BCUT2D eigenvalue weighted by atomic mass is 9.86. The maximum absolute atomic E-state index is 6.08. The van der Waals surface area contributed by atoms with Crippen LogP contribution in [-0.4, -0.2) is 67.8 Å². The molecule has 2 aliphatic rings. The molecule has 4 heteroatoms. The molecule has 0 amide bonds. The summed E-state index contributed by atoms with van der Waals surface area (Å²) in [7, 11) is 2.24. The smallest absolute Gasteiger partial charge is 0.0484 e. The van der Waals surface area contributed by atoms with E-state index in [1.807, 2.05) is 0 Å². The summed E-state index contributed by atoms with van der Waals surface area (Å²) >= 11 is 0. The molecule has 4 nitrogen and oxygen atoms in total. The Balaban J connectivity index is 2.04. The Kier molecular flexibility index (Phi) is 4.42. The number of likely N-dealkylation sites (N-methyl/N-ethyl adjacent to an activating group) is 1. The second-order valence-corrected chi connectivity index (χ2v) is 5.53. The first kappa shape index (κ1) is 13.3. The van der Waals surface area contributed by atoms with Crippen molar-refractivity contribution in [2.24, 2.45) is 5.73 Å². The first-order valence-electron chi connectivity index (χ1n) is 6.95. The molecule has 2 saturated heterocycles. The molecule has 0 radical (unpaired) electrons. The van der Waals surface area contributed by atoms with Gasteiger partial charge in [-0.3, -0.25) is 4.90 Å². The van der Waals surface area contributed by atoms with Gasteiger partial charge in [0.15, 0.2) is 0 Å². The predicted octanol–water partition coefficient (Wildman–Crippen LogP) is 0.520. The van der Waals surface area contributed by atoms with Gasteiger partial charge in [0, 0.05) is 51.0 Å². The highest BCUT2D eigenvalue weighted by Gasteiger charge is 2.40. The lowest BCUT2D eigenvalue weighted by Crippen LogP contribution is -2.64. The molecule has 0 aliphatic carbocycles. The van der Waals surface area contributed by atoms with Gasteiger partial charge in [-0.2, -0.15) is 0 Å². The molecule has 0 saturated carbocycles. The second-order valence-electron chi connectivity index (χ2n) is 5.53. The van der Waals surface area contributed by atoms with Gasteiger partial charge in [-0.15, -0.1) is 0 Å². The zero-order valence-electron chi connectivity index (χ0n) is 11.3. The molecule has 0 bridgehead atoms. The van der Waals surface area contributed by atoms with Crippen LogP contribution in [0.15, 0.2) is 0 Å². The van der Waals surface area contributed by atoms with Crippen molar-refractivity contribution >= 4 is 0 Å². The molecule has 0 aromatic rings. The van der Waals surface area contributed by atoms with Crippen LogP contribution in [-0.2, 0) is 4.74 Å². The van der Waals surface area contributed by atoms with Crippen molar-refractivity contribution in [3.05, 3.63) is 0 Å². The summed E-state index contributed by atoms with van der Waals surface area (Å²) in [6.45, 7) is 8.30. The summed E-state index contributed by atoms with van der Waals surface area (Å²) in [6.07, 6.45) is 3.43. The van der Waals surface area contributed by atoms with Gasteiger partial charge in [-0.25, -0.2) is 0 Å². The van der Waals surface area contributed by atoms with Gasteiger partial charge in [-0.05, 0) is 26.3 Å². The van der Waals surface area contributed by atoms with Crippen LogP contribution in [0.25, 0.3) is 0 Å². The highest BCUT2D eigenvalue weighted by atomic mass is 16.5. The zero-order chi connectivity index (χ0) is 12.3. The molecule has 2 N–H and O–H groups in total. The molecule has 1 unspecified atom stereocenters. The Labute approximate surface area is 105 Å². The van der Waals surface area contributed by atoms with E-state index < -0.39 is 0 Å².